The van der Waals surface area contributed by atoms with E-state index >= 15 is 0 Å². The molecule has 0 aliphatic carbocycles. The molecule has 100 valence electrons. The van der Waals surface area contributed by atoms with Crippen molar-refractivity contribution in [3.8, 4) is 0 Å². The van der Waals surface area contributed by atoms with Gasteiger partial charge < -0.3 is 4.74 Å². The Morgan fingerprint density at radius 3 is 2.83 bits per heavy atom. The molecule has 1 heterocycles. The predicted octanol–water partition coefficient (Wildman–Crippen LogP) is 4.94. The van der Waals surface area contributed by atoms with Crippen molar-refractivity contribution in [2.45, 2.75) is 55.0 Å². The number of rotatable bonds is 5. The normalized spacial score (nSPS) is 25.9. The van der Waals surface area contributed by atoms with Crippen molar-refractivity contribution < 1.29 is 4.74 Å². The Hall–Kier alpha value is -0.0900. The summed E-state index contributed by atoms with van der Waals surface area (Å²) in [5, 5.41) is 0. The van der Waals surface area contributed by atoms with Crippen LogP contribution in [-0.4, -0.2) is 16.6 Å². The molecule has 0 N–H and O–H groups in total. The van der Waals surface area contributed by atoms with Crippen LogP contribution in [0.2, 0.25) is 0 Å². The molecule has 1 aliphatic heterocycles. The molecule has 0 spiro atoms. The Bertz CT molecular complexity index is 338. The van der Waals surface area contributed by atoms with Crippen molar-refractivity contribution in [3.05, 3.63) is 35.9 Å². The van der Waals surface area contributed by atoms with Crippen LogP contribution in [0.1, 0.15) is 50.5 Å². The van der Waals surface area contributed by atoms with Crippen molar-refractivity contribution in [1.82, 2.24) is 0 Å². The molecule has 2 heteroatoms. The van der Waals surface area contributed by atoms with E-state index in [4.69, 9.17) is 4.74 Å². The van der Waals surface area contributed by atoms with Crippen LogP contribution in [0, 0.1) is 0 Å². The van der Waals surface area contributed by atoms with Gasteiger partial charge in [0.05, 0.1) is 6.10 Å². The van der Waals surface area contributed by atoms with Crippen LogP contribution in [0.4, 0.5) is 0 Å². The molecule has 0 unspecified atom stereocenters. The highest BCUT2D eigenvalue weighted by molar-refractivity contribution is 14.1. The number of unbranched alkanes of at least 4 members (excludes halogenated alkanes) is 1. The summed E-state index contributed by atoms with van der Waals surface area (Å²) in [7, 11) is 0. The molecule has 18 heavy (non-hydrogen) atoms. The third-order valence-corrected chi connectivity index (χ3v) is 5.25. The lowest BCUT2D eigenvalue weighted by molar-refractivity contribution is 0.00716. The first-order valence-corrected chi connectivity index (χ1v) is 8.36. The van der Waals surface area contributed by atoms with Crippen molar-refractivity contribution >= 4 is 22.6 Å². The maximum atomic E-state index is 5.98. The molecule has 1 saturated heterocycles. The van der Waals surface area contributed by atoms with E-state index in [0.717, 1.165) is 6.61 Å². The monoisotopic (exact) mass is 358 g/mol. The second-order valence-electron chi connectivity index (χ2n) is 5.20. The van der Waals surface area contributed by atoms with Crippen molar-refractivity contribution in [2.75, 3.05) is 6.61 Å². The first-order valence-electron chi connectivity index (χ1n) is 7.12. The van der Waals surface area contributed by atoms with Crippen LogP contribution in [0.5, 0.6) is 0 Å². The third-order valence-electron chi connectivity index (χ3n) is 3.82. The van der Waals surface area contributed by atoms with Crippen molar-refractivity contribution in [3.63, 3.8) is 0 Å². The van der Waals surface area contributed by atoms with Crippen LogP contribution in [0.25, 0.3) is 0 Å². The van der Waals surface area contributed by atoms with Gasteiger partial charge in [-0.25, -0.2) is 0 Å². The number of hydrogen-bond acceptors (Lipinski definition) is 1. The second kappa shape index (κ2) is 7.49. The minimum atomic E-state index is 0.455. The van der Waals surface area contributed by atoms with Gasteiger partial charge in [-0.3, -0.25) is 0 Å². The Kier molecular flexibility index (Phi) is 5.96. The Labute approximate surface area is 124 Å². The van der Waals surface area contributed by atoms with Gasteiger partial charge in [-0.05, 0) is 30.7 Å². The quantitative estimate of drug-likeness (QED) is 0.535. The molecule has 3 atom stereocenters. The van der Waals surface area contributed by atoms with E-state index in [-0.39, 0.29) is 0 Å². The summed E-state index contributed by atoms with van der Waals surface area (Å²) in [6, 6.07) is 10.9. The first kappa shape index (κ1) is 14.3. The fraction of sp³-hybridized carbons (Fsp3) is 0.625. The first-order chi connectivity index (χ1) is 8.81. The summed E-state index contributed by atoms with van der Waals surface area (Å²) in [4.78, 5) is 0. The van der Waals surface area contributed by atoms with Gasteiger partial charge >= 0.3 is 0 Å². The minimum absolute atomic E-state index is 0.455. The molecule has 0 bridgehead atoms. The Morgan fingerprint density at radius 2 is 2.11 bits per heavy atom. The highest BCUT2D eigenvalue weighted by Gasteiger charge is 2.28. The zero-order valence-corrected chi connectivity index (χ0v) is 13.3. The van der Waals surface area contributed by atoms with Gasteiger partial charge in [0.15, 0.2) is 0 Å². The average molecular weight is 358 g/mol. The number of alkyl halides is 1. The number of halogens is 1. The van der Waals surface area contributed by atoms with E-state index in [9.17, 15) is 0 Å². The molecule has 2 rings (SSSR count). The van der Waals surface area contributed by atoms with E-state index in [1.165, 1.54) is 37.7 Å². The van der Waals surface area contributed by atoms with Crippen LogP contribution in [0.15, 0.2) is 30.3 Å². The topological polar surface area (TPSA) is 9.23 Å². The molecule has 0 amide bonds. The summed E-state index contributed by atoms with van der Waals surface area (Å²) >= 11 is 2.59. The summed E-state index contributed by atoms with van der Waals surface area (Å²) < 4.78 is 6.66. The molecule has 0 radical (unpaired) electrons. The van der Waals surface area contributed by atoms with E-state index in [1.54, 1.807) is 0 Å². The standard InChI is InChI=1S/C16H23IO/c1-2-3-9-15(17)16-12-14(10-11-18-16)13-7-5-4-6-8-13/h4-8,14-16H,2-3,9-12H2,1H3/t14-,15-,16+/m1/s1. The number of hydrogen-bond donors (Lipinski definition) is 0. The summed E-state index contributed by atoms with van der Waals surface area (Å²) in [6.07, 6.45) is 6.73. The van der Waals surface area contributed by atoms with Gasteiger partial charge in [0, 0.05) is 10.5 Å². The van der Waals surface area contributed by atoms with Gasteiger partial charge in [-0.1, -0.05) is 72.7 Å². The molecular formula is C16H23IO. The Morgan fingerprint density at radius 1 is 1.33 bits per heavy atom. The molecule has 1 nitrogen and oxygen atoms in total. The molecular weight excluding hydrogens is 335 g/mol. The maximum Gasteiger partial charge on any atom is 0.0698 e. The van der Waals surface area contributed by atoms with Crippen LogP contribution in [-0.2, 0) is 4.74 Å². The average Bonchev–Trinajstić information content (AvgIpc) is 2.46. The second-order valence-corrected chi connectivity index (χ2v) is 6.80. The molecule has 0 saturated carbocycles. The highest BCUT2D eigenvalue weighted by atomic mass is 127. The third kappa shape index (κ3) is 3.95. The van der Waals surface area contributed by atoms with Gasteiger partial charge in [0.25, 0.3) is 0 Å². The maximum absolute atomic E-state index is 5.98. The van der Waals surface area contributed by atoms with Crippen LogP contribution < -0.4 is 0 Å². The zero-order valence-electron chi connectivity index (χ0n) is 11.1. The number of ether oxygens (including phenoxy) is 1. The van der Waals surface area contributed by atoms with Crippen LogP contribution >= 0.6 is 22.6 Å². The van der Waals surface area contributed by atoms with Crippen molar-refractivity contribution in [2.24, 2.45) is 0 Å². The summed E-state index contributed by atoms with van der Waals surface area (Å²) in [5.41, 5.74) is 1.49. The van der Waals surface area contributed by atoms with Gasteiger partial charge in [-0.2, -0.15) is 0 Å². The lowest BCUT2D eigenvalue weighted by atomic mass is 9.87. The lowest BCUT2D eigenvalue weighted by Gasteiger charge is -2.32. The SMILES string of the molecule is CCCC[C@@H](I)[C@@H]1C[C@H](c2ccccc2)CCO1. The molecule has 1 fully saturated rings. The predicted molar refractivity (Wildman–Crippen MR) is 85.5 cm³/mol. The van der Waals surface area contributed by atoms with E-state index in [1.807, 2.05) is 0 Å². The van der Waals surface area contributed by atoms with Crippen molar-refractivity contribution in [1.29, 1.82) is 0 Å². The fourth-order valence-corrected chi connectivity index (χ4v) is 3.63. The molecule has 1 aliphatic rings. The van der Waals surface area contributed by atoms with E-state index in [2.05, 4.69) is 59.8 Å². The minimum Gasteiger partial charge on any atom is -0.377 e. The van der Waals surface area contributed by atoms with Gasteiger partial charge in [0.1, 0.15) is 0 Å². The highest BCUT2D eigenvalue weighted by Crippen LogP contribution is 2.34. The molecule has 0 aromatic heterocycles. The van der Waals surface area contributed by atoms with Gasteiger partial charge in [-0.15, -0.1) is 0 Å². The summed E-state index contributed by atoms with van der Waals surface area (Å²) in [5.74, 6) is 0.698. The molecule has 1 aromatic carbocycles. The van der Waals surface area contributed by atoms with E-state index in [0.29, 0.717) is 15.9 Å². The fourth-order valence-electron chi connectivity index (χ4n) is 2.69. The molecule has 1 aromatic rings. The number of benzene rings is 1. The van der Waals surface area contributed by atoms with Gasteiger partial charge in [0.2, 0.25) is 0 Å². The zero-order chi connectivity index (χ0) is 12.8. The largest absolute Gasteiger partial charge is 0.377 e. The van der Waals surface area contributed by atoms with E-state index < -0.39 is 0 Å². The summed E-state index contributed by atoms with van der Waals surface area (Å²) in [6.45, 7) is 3.19. The van der Waals surface area contributed by atoms with Crippen LogP contribution in [0.3, 0.4) is 0 Å². The lowest BCUT2D eigenvalue weighted by Crippen LogP contribution is -2.31. The Balaban J connectivity index is 1.92. The smallest absolute Gasteiger partial charge is 0.0698 e.